The number of alkyl halides is 2. The second kappa shape index (κ2) is 9.70. The molecule has 4 rings (SSSR count). The molecule has 2 aromatic heterocycles. The summed E-state index contributed by atoms with van der Waals surface area (Å²) < 4.78 is 49.0. The third-order valence-electron chi connectivity index (χ3n) is 5.75. The van der Waals surface area contributed by atoms with E-state index in [-0.39, 0.29) is 22.8 Å². The number of ether oxygens (including phenoxy) is 1. The van der Waals surface area contributed by atoms with Crippen LogP contribution < -0.4 is 10.1 Å². The van der Waals surface area contributed by atoms with Gasteiger partial charge in [-0.25, -0.2) is 19.0 Å². The second-order valence-corrected chi connectivity index (χ2v) is 9.33. The fraction of sp³-hybridized carbons (Fsp3) is 0.280. The van der Waals surface area contributed by atoms with Gasteiger partial charge in [0.15, 0.2) is 5.82 Å². The van der Waals surface area contributed by atoms with E-state index in [0.29, 0.717) is 29.7 Å². The molecule has 0 saturated carbocycles. The van der Waals surface area contributed by atoms with Crippen LogP contribution in [0.3, 0.4) is 0 Å². The maximum absolute atomic E-state index is 14.3. The van der Waals surface area contributed by atoms with Crippen molar-refractivity contribution in [2.24, 2.45) is 7.05 Å². The number of rotatable bonds is 7. The average Bonchev–Trinajstić information content (AvgIpc) is 3.22. The van der Waals surface area contributed by atoms with Crippen molar-refractivity contribution < 1.29 is 22.7 Å². The van der Waals surface area contributed by atoms with Gasteiger partial charge in [0.1, 0.15) is 37.9 Å². The van der Waals surface area contributed by atoms with Crippen molar-refractivity contribution in [1.82, 2.24) is 25.1 Å². The van der Waals surface area contributed by atoms with Crippen LogP contribution in [-0.2, 0) is 23.9 Å². The van der Waals surface area contributed by atoms with E-state index in [1.165, 1.54) is 13.3 Å². The van der Waals surface area contributed by atoms with E-state index in [2.05, 4.69) is 20.4 Å². The number of hydrogen-bond donors (Lipinski definition) is 1. The largest absolute Gasteiger partial charge is 0.487 e. The van der Waals surface area contributed by atoms with Gasteiger partial charge in [-0.2, -0.15) is 13.9 Å². The molecule has 12 heteroatoms. The summed E-state index contributed by atoms with van der Waals surface area (Å²) >= 11 is 6.32. The number of nitrogens with zero attached hydrogens (tertiary/aromatic N) is 4. The summed E-state index contributed by atoms with van der Waals surface area (Å²) in [7, 11) is 7.95. The molecule has 0 saturated heterocycles. The predicted molar refractivity (Wildman–Crippen MR) is 134 cm³/mol. The maximum Gasteiger partial charge on any atom is 0.321 e. The van der Waals surface area contributed by atoms with Crippen LogP contribution in [0.5, 0.6) is 5.75 Å². The lowest BCUT2D eigenvalue weighted by Gasteiger charge is -2.31. The summed E-state index contributed by atoms with van der Waals surface area (Å²) in [5, 5.41) is 6.89. The number of carbonyl (C=O) groups excluding carboxylic acids is 1. The number of nitrogens with one attached hydrogen (secondary N) is 1. The summed E-state index contributed by atoms with van der Waals surface area (Å²) in [6, 6.07) is 9.30. The molecule has 190 valence electrons. The van der Waals surface area contributed by atoms with Crippen molar-refractivity contribution in [2.45, 2.75) is 38.7 Å². The Hall–Kier alpha value is -3.60. The average molecular weight is 528 g/mol. The normalized spacial score (nSPS) is 13.4. The SMILES string of the molecule is [B][C@@](C)(NC(=O)C(C)(F)F)c1cc(F)cc(Cl)c1COc1cccc2c(-c3ncnn3C)cc(C)nc12. The lowest BCUT2D eigenvalue weighted by Crippen LogP contribution is -2.50. The van der Waals surface area contributed by atoms with Crippen LogP contribution in [0.15, 0.2) is 42.7 Å². The van der Waals surface area contributed by atoms with Crippen LogP contribution in [0.1, 0.15) is 30.7 Å². The Balaban J connectivity index is 1.74. The molecular formula is C25H22BClF3N5O2. The number of para-hydroxylation sites is 1. The molecule has 1 amide bonds. The highest BCUT2D eigenvalue weighted by molar-refractivity contribution is 6.31. The number of pyridine rings is 1. The van der Waals surface area contributed by atoms with Gasteiger partial charge in [0.05, 0.1) is 5.02 Å². The molecule has 0 aliphatic rings. The summed E-state index contributed by atoms with van der Waals surface area (Å²) in [5.74, 6) is -5.04. The Morgan fingerprint density at radius 2 is 1.97 bits per heavy atom. The molecule has 37 heavy (non-hydrogen) atoms. The van der Waals surface area contributed by atoms with Gasteiger partial charge in [-0.15, -0.1) is 0 Å². The van der Waals surface area contributed by atoms with Crippen LogP contribution in [0.2, 0.25) is 5.02 Å². The van der Waals surface area contributed by atoms with Crippen molar-refractivity contribution in [3.63, 3.8) is 0 Å². The number of hydrogen-bond acceptors (Lipinski definition) is 5. The Labute approximate surface area is 217 Å². The first-order valence-corrected chi connectivity index (χ1v) is 11.5. The lowest BCUT2D eigenvalue weighted by molar-refractivity contribution is -0.144. The predicted octanol–water partition coefficient (Wildman–Crippen LogP) is 4.82. The highest BCUT2D eigenvalue weighted by Gasteiger charge is 2.37. The first kappa shape index (κ1) is 26.5. The number of benzene rings is 2. The molecule has 0 unspecified atom stereocenters. The third-order valence-corrected chi connectivity index (χ3v) is 6.08. The molecule has 0 fully saturated rings. The zero-order chi connectivity index (χ0) is 27.1. The smallest absolute Gasteiger partial charge is 0.321 e. The first-order valence-electron chi connectivity index (χ1n) is 11.1. The van der Waals surface area contributed by atoms with E-state index in [0.717, 1.165) is 23.1 Å². The molecule has 0 aliphatic heterocycles. The van der Waals surface area contributed by atoms with Crippen LogP contribution in [0.25, 0.3) is 22.3 Å². The van der Waals surface area contributed by atoms with E-state index in [4.69, 9.17) is 24.2 Å². The number of aryl methyl sites for hydroxylation is 2. The highest BCUT2D eigenvalue weighted by Crippen LogP contribution is 2.35. The van der Waals surface area contributed by atoms with Crippen molar-refractivity contribution in [3.8, 4) is 17.1 Å². The van der Waals surface area contributed by atoms with Crippen LogP contribution in [0, 0.1) is 12.7 Å². The van der Waals surface area contributed by atoms with Crippen LogP contribution in [-0.4, -0.2) is 39.4 Å². The third kappa shape index (κ3) is 5.41. The fourth-order valence-corrected chi connectivity index (χ4v) is 4.23. The monoisotopic (exact) mass is 527 g/mol. The lowest BCUT2D eigenvalue weighted by atomic mass is 9.72. The van der Waals surface area contributed by atoms with Gasteiger partial charge >= 0.3 is 5.92 Å². The number of amides is 1. The molecule has 2 aromatic carbocycles. The molecule has 1 N–H and O–H groups in total. The summed E-state index contributed by atoms with van der Waals surface area (Å²) in [5.41, 5.74) is 0.360. The Kier molecular flexibility index (Phi) is 6.94. The first-order chi connectivity index (χ1) is 17.3. The summed E-state index contributed by atoms with van der Waals surface area (Å²) in [6.45, 7) is 3.32. The van der Waals surface area contributed by atoms with E-state index in [1.807, 2.05) is 19.1 Å². The van der Waals surface area contributed by atoms with E-state index in [9.17, 15) is 18.0 Å². The minimum Gasteiger partial charge on any atom is -0.487 e. The van der Waals surface area contributed by atoms with E-state index >= 15 is 0 Å². The highest BCUT2D eigenvalue weighted by atomic mass is 35.5. The van der Waals surface area contributed by atoms with Crippen molar-refractivity contribution >= 4 is 36.3 Å². The molecule has 0 bridgehead atoms. The molecule has 2 heterocycles. The number of fused-ring (bicyclic) bond motifs is 1. The van der Waals surface area contributed by atoms with Gasteiger partial charge in [-0.05, 0) is 43.7 Å². The van der Waals surface area contributed by atoms with Crippen LogP contribution >= 0.6 is 11.6 Å². The van der Waals surface area contributed by atoms with Crippen molar-refractivity contribution in [2.75, 3.05) is 0 Å². The molecular weight excluding hydrogens is 506 g/mol. The second-order valence-electron chi connectivity index (χ2n) is 8.92. The Bertz CT molecular complexity index is 1500. The summed E-state index contributed by atoms with van der Waals surface area (Å²) in [4.78, 5) is 20.9. The van der Waals surface area contributed by atoms with Crippen LogP contribution in [0.4, 0.5) is 13.2 Å². The molecule has 0 spiro atoms. The Morgan fingerprint density at radius 3 is 2.62 bits per heavy atom. The van der Waals surface area contributed by atoms with Gasteiger partial charge < -0.3 is 10.1 Å². The minimum atomic E-state index is -3.69. The quantitative estimate of drug-likeness (QED) is 0.349. The topological polar surface area (TPSA) is 81.9 Å². The van der Waals surface area contributed by atoms with Crippen molar-refractivity contribution in [1.29, 1.82) is 0 Å². The molecule has 2 radical (unpaired) electrons. The van der Waals surface area contributed by atoms with Gasteiger partial charge in [-0.1, -0.05) is 23.7 Å². The number of carbonyl (C=O) groups is 1. The molecule has 4 aromatic rings. The standard InChI is InChI=1S/C25H22BClF3N5O2/c1-13-8-16(22-31-12-32-35(22)4)15-6-5-7-20(21(15)33-13)37-11-17-18(9-14(28)10-19(17)27)24(2,26)34-23(36)25(3,29)30/h5-10,12H,11H2,1-4H3,(H,34,36)/t24-/m0/s1. The van der Waals surface area contributed by atoms with E-state index in [1.54, 1.807) is 23.9 Å². The minimum absolute atomic E-state index is 0.0146. The van der Waals surface area contributed by atoms with Gasteiger partial charge in [0.25, 0.3) is 5.91 Å². The van der Waals surface area contributed by atoms with Gasteiger partial charge in [-0.3, -0.25) is 4.79 Å². The van der Waals surface area contributed by atoms with Crippen molar-refractivity contribution in [3.05, 3.63) is 70.4 Å². The maximum atomic E-state index is 14.3. The summed E-state index contributed by atoms with van der Waals surface area (Å²) in [6.07, 6.45) is 1.45. The molecule has 0 aliphatic carbocycles. The number of halogens is 4. The zero-order valence-electron chi connectivity index (χ0n) is 20.4. The fourth-order valence-electron chi connectivity index (χ4n) is 3.97. The molecule has 7 nitrogen and oxygen atoms in total. The van der Waals surface area contributed by atoms with E-state index < -0.39 is 23.1 Å². The molecule has 1 atom stereocenters. The van der Waals surface area contributed by atoms with Gasteiger partial charge in [0.2, 0.25) is 0 Å². The van der Waals surface area contributed by atoms with Gasteiger partial charge in [0, 0.05) is 41.6 Å². The number of aromatic nitrogens is 4. The Morgan fingerprint density at radius 1 is 1.24 bits per heavy atom. The zero-order valence-corrected chi connectivity index (χ0v) is 21.2.